The molecule has 0 amide bonds. The third-order valence-corrected chi connectivity index (χ3v) is 2.78. The van der Waals surface area contributed by atoms with Crippen LogP contribution < -0.4 is 0 Å². The largest absolute Gasteiger partial charge is 0.339 e. The molecule has 1 aromatic rings. The van der Waals surface area contributed by atoms with Gasteiger partial charge in [-0.1, -0.05) is 44.2 Å². The average molecular weight is 245 g/mol. The number of hydrogen-bond acceptors (Lipinski definition) is 3. The van der Waals surface area contributed by atoms with Crippen LogP contribution in [0.25, 0.3) is 0 Å². The summed E-state index contributed by atoms with van der Waals surface area (Å²) in [4.78, 5) is 4.23. The lowest BCUT2D eigenvalue weighted by atomic mass is 10.1. The number of hydrogen-bond donors (Lipinski definition) is 0. The Labute approximate surface area is 103 Å². The first-order chi connectivity index (χ1) is 7.74. The van der Waals surface area contributed by atoms with Crippen LogP contribution in [0.15, 0.2) is 4.52 Å². The van der Waals surface area contributed by atoms with Crippen molar-refractivity contribution < 1.29 is 4.52 Å². The molecule has 0 aromatic carbocycles. The summed E-state index contributed by atoms with van der Waals surface area (Å²) < 4.78 is 5.11. The number of aromatic nitrogens is 2. The first-order valence-electron chi connectivity index (χ1n) is 6.20. The number of aryl methyl sites for hydroxylation is 1. The molecule has 0 fully saturated rings. The van der Waals surface area contributed by atoms with E-state index in [1.807, 2.05) is 6.92 Å². The van der Waals surface area contributed by atoms with Gasteiger partial charge in [-0.2, -0.15) is 4.98 Å². The van der Waals surface area contributed by atoms with Crippen LogP contribution in [0.4, 0.5) is 0 Å². The predicted molar refractivity (Wildman–Crippen MR) is 65.6 cm³/mol. The quantitative estimate of drug-likeness (QED) is 0.506. The minimum Gasteiger partial charge on any atom is -0.339 e. The number of unbranched alkanes of at least 4 members (excludes halogenated alkanes) is 5. The van der Waals surface area contributed by atoms with E-state index in [0.29, 0.717) is 5.82 Å². The van der Waals surface area contributed by atoms with Crippen molar-refractivity contribution in [1.29, 1.82) is 0 Å². The van der Waals surface area contributed by atoms with Crippen LogP contribution in [0.1, 0.15) is 69.5 Å². The van der Waals surface area contributed by atoms with Gasteiger partial charge < -0.3 is 4.52 Å². The summed E-state index contributed by atoms with van der Waals surface area (Å²) in [6.07, 6.45) is 8.53. The Kier molecular flexibility index (Phi) is 6.46. The molecule has 1 unspecified atom stereocenters. The molecule has 0 N–H and O–H groups in total. The number of halogens is 1. The molecule has 16 heavy (non-hydrogen) atoms. The second kappa shape index (κ2) is 7.66. The van der Waals surface area contributed by atoms with Gasteiger partial charge in [0.15, 0.2) is 5.82 Å². The first-order valence-corrected chi connectivity index (χ1v) is 6.64. The highest BCUT2D eigenvalue weighted by molar-refractivity contribution is 6.20. The average Bonchev–Trinajstić information content (AvgIpc) is 2.72. The smallest absolute Gasteiger partial charge is 0.226 e. The van der Waals surface area contributed by atoms with E-state index in [1.165, 1.54) is 32.1 Å². The monoisotopic (exact) mass is 244 g/mol. The lowest BCUT2D eigenvalue weighted by molar-refractivity contribution is 0.368. The van der Waals surface area contributed by atoms with Crippen LogP contribution in [0.2, 0.25) is 0 Å². The third-order valence-electron chi connectivity index (χ3n) is 2.58. The summed E-state index contributed by atoms with van der Waals surface area (Å²) in [7, 11) is 0. The van der Waals surface area contributed by atoms with Gasteiger partial charge in [0, 0.05) is 6.42 Å². The van der Waals surface area contributed by atoms with E-state index < -0.39 is 0 Å². The van der Waals surface area contributed by atoms with Crippen LogP contribution in [-0.2, 0) is 6.42 Å². The molecular formula is C12H21ClN2O. The Morgan fingerprint density at radius 1 is 1.19 bits per heavy atom. The van der Waals surface area contributed by atoms with Crippen molar-refractivity contribution in [3.8, 4) is 0 Å². The maximum Gasteiger partial charge on any atom is 0.226 e. The Hall–Kier alpha value is -0.570. The van der Waals surface area contributed by atoms with E-state index in [-0.39, 0.29) is 5.38 Å². The molecule has 1 atom stereocenters. The van der Waals surface area contributed by atoms with Gasteiger partial charge in [-0.05, 0) is 13.3 Å². The Morgan fingerprint density at radius 3 is 2.50 bits per heavy atom. The molecule has 3 nitrogen and oxygen atoms in total. The van der Waals surface area contributed by atoms with Crippen LogP contribution >= 0.6 is 11.6 Å². The molecule has 0 saturated carbocycles. The van der Waals surface area contributed by atoms with Gasteiger partial charge >= 0.3 is 0 Å². The Balaban J connectivity index is 2.12. The van der Waals surface area contributed by atoms with Gasteiger partial charge in [0.05, 0.1) is 5.38 Å². The molecule has 0 aliphatic rings. The van der Waals surface area contributed by atoms with Crippen LogP contribution in [0, 0.1) is 0 Å². The molecule has 1 heterocycles. The van der Waals surface area contributed by atoms with E-state index in [9.17, 15) is 0 Å². The standard InChI is InChI=1S/C12H21ClN2O/c1-3-4-5-6-7-8-9-11-14-12(10(2)13)15-16-11/h10H,3-9H2,1-2H3. The topological polar surface area (TPSA) is 38.9 Å². The summed E-state index contributed by atoms with van der Waals surface area (Å²) in [5.41, 5.74) is 0. The van der Waals surface area contributed by atoms with E-state index in [1.54, 1.807) is 0 Å². The Morgan fingerprint density at radius 2 is 1.88 bits per heavy atom. The summed E-state index contributed by atoms with van der Waals surface area (Å²) in [6.45, 7) is 4.08. The molecule has 0 bridgehead atoms. The van der Waals surface area contributed by atoms with Crippen LogP contribution in [0.3, 0.4) is 0 Å². The van der Waals surface area contributed by atoms with E-state index in [2.05, 4.69) is 17.1 Å². The Bertz CT molecular complexity index is 286. The molecule has 0 aliphatic carbocycles. The van der Waals surface area contributed by atoms with Gasteiger partial charge in [0.2, 0.25) is 5.89 Å². The molecule has 1 aromatic heterocycles. The van der Waals surface area contributed by atoms with Gasteiger partial charge in [-0.3, -0.25) is 0 Å². The van der Waals surface area contributed by atoms with Gasteiger partial charge in [-0.25, -0.2) is 0 Å². The van der Waals surface area contributed by atoms with Gasteiger partial charge in [0.25, 0.3) is 0 Å². The lowest BCUT2D eigenvalue weighted by Gasteiger charge is -1.97. The number of rotatable bonds is 8. The van der Waals surface area contributed by atoms with Crippen molar-refractivity contribution in [2.75, 3.05) is 0 Å². The van der Waals surface area contributed by atoms with Crippen LogP contribution in [-0.4, -0.2) is 10.1 Å². The fourth-order valence-corrected chi connectivity index (χ4v) is 1.68. The maximum atomic E-state index is 5.85. The highest BCUT2D eigenvalue weighted by Crippen LogP contribution is 2.16. The fraction of sp³-hybridized carbons (Fsp3) is 0.833. The maximum absolute atomic E-state index is 5.85. The zero-order valence-corrected chi connectivity index (χ0v) is 11.0. The molecule has 0 aliphatic heterocycles. The second-order valence-electron chi connectivity index (χ2n) is 4.18. The first kappa shape index (κ1) is 13.5. The van der Waals surface area contributed by atoms with E-state index in [4.69, 9.17) is 16.1 Å². The second-order valence-corrected chi connectivity index (χ2v) is 4.83. The molecule has 0 radical (unpaired) electrons. The number of alkyl halides is 1. The molecule has 0 saturated heterocycles. The molecule has 1 rings (SSSR count). The molecule has 92 valence electrons. The van der Waals surface area contributed by atoms with Crippen molar-refractivity contribution in [3.63, 3.8) is 0 Å². The highest BCUT2D eigenvalue weighted by atomic mass is 35.5. The number of nitrogens with zero attached hydrogens (tertiary/aromatic N) is 2. The van der Waals surface area contributed by atoms with Crippen LogP contribution in [0.5, 0.6) is 0 Å². The van der Waals surface area contributed by atoms with Gasteiger partial charge in [-0.15, -0.1) is 11.6 Å². The normalized spacial score (nSPS) is 12.9. The highest BCUT2D eigenvalue weighted by Gasteiger charge is 2.10. The lowest BCUT2D eigenvalue weighted by Crippen LogP contribution is -1.89. The van der Waals surface area contributed by atoms with Crippen molar-refractivity contribution in [2.45, 2.75) is 64.2 Å². The van der Waals surface area contributed by atoms with Gasteiger partial charge in [0.1, 0.15) is 0 Å². The summed E-state index contributed by atoms with van der Waals surface area (Å²) in [5, 5.41) is 3.66. The third kappa shape index (κ3) is 4.97. The SMILES string of the molecule is CCCCCCCCc1nc(C(C)Cl)no1. The fourth-order valence-electron chi connectivity index (χ4n) is 1.59. The molecule has 0 spiro atoms. The van der Waals surface area contributed by atoms with Crippen molar-refractivity contribution in [2.24, 2.45) is 0 Å². The van der Waals surface area contributed by atoms with Crippen molar-refractivity contribution in [3.05, 3.63) is 11.7 Å². The summed E-state index contributed by atoms with van der Waals surface area (Å²) in [6, 6.07) is 0. The minimum absolute atomic E-state index is 0.165. The van der Waals surface area contributed by atoms with Crippen molar-refractivity contribution >= 4 is 11.6 Å². The summed E-state index contributed by atoms with van der Waals surface area (Å²) in [5.74, 6) is 1.32. The molecule has 4 heteroatoms. The van der Waals surface area contributed by atoms with E-state index >= 15 is 0 Å². The predicted octanol–water partition coefficient (Wildman–Crippen LogP) is 4.27. The zero-order chi connectivity index (χ0) is 11.8. The van der Waals surface area contributed by atoms with Crippen molar-refractivity contribution in [1.82, 2.24) is 10.1 Å². The van der Waals surface area contributed by atoms with E-state index in [0.717, 1.165) is 18.7 Å². The minimum atomic E-state index is -0.165. The zero-order valence-electron chi connectivity index (χ0n) is 10.2. The summed E-state index contributed by atoms with van der Waals surface area (Å²) >= 11 is 5.85. The molecular weight excluding hydrogens is 224 g/mol.